The van der Waals surface area contributed by atoms with Crippen LogP contribution in [0, 0.1) is 0 Å². The Bertz CT molecular complexity index is 885. The van der Waals surface area contributed by atoms with Gasteiger partial charge in [-0.05, 0) is 25.3 Å². The lowest BCUT2D eigenvalue weighted by Crippen LogP contribution is -2.37. The van der Waals surface area contributed by atoms with Crippen LogP contribution < -0.4 is 0 Å². The van der Waals surface area contributed by atoms with Gasteiger partial charge in [0.25, 0.3) is 0 Å². The van der Waals surface area contributed by atoms with E-state index in [-0.39, 0.29) is 5.91 Å². The summed E-state index contributed by atoms with van der Waals surface area (Å²) in [6.45, 7) is 8.42. The van der Waals surface area contributed by atoms with Crippen molar-refractivity contribution in [2.45, 2.75) is 45.6 Å². The fraction of sp³-hybridized carbons (Fsp3) is 0.458. The summed E-state index contributed by atoms with van der Waals surface area (Å²) in [5.74, 6) is 1.53. The van der Waals surface area contributed by atoms with Crippen molar-refractivity contribution in [3.63, 3.8) is 0 Å². The van der Waals surface area contributed by atoms with Gasteiger partial charge in [0.15, 0.2) is 0 Å². The molecule has 0 saturated carbocycles. The molecule has 1 fully saturated rings. The summed E-state index contributed by atoms with van der Waals surface area (Å²) in [5.41, 5.74) is 5.10. The second-order valence-electron chi connectivity index (χ2n) is 8.34. The van der Waals surface area contributed by atoms with E-state index in [1.807, 2.05) is 11.1 Å². The van der Waals surface area contributed by atoms with Crippen LogP contribution in [0.3, 0.4) is 0 Å². The molecule has 0 spiro atoms. The van der Waals surface area contributed by atoms with Gasteiger partial charge in [0, 0.05) is 69.4 Å². The third kappa shape index (κ3) is 4.91. The van der Waals surface area contributed by atoms with Gasteiger partial charge in [0.2, 0.25) is 5.91 Å². The summed E-state index contributed by atoms with van der Waals surface area (Å²) in [6, 6.07) is 10.5. The number of nitrogens with zero attached hydrogens (tertiary/aromatic N) is 4. The number of aromatic nitrogens is 2. The largest absolute Gasteiger partial charge is 0.343 e. The topological polar surface area (TPSA) is 49.3 Å². The number of benzene rings is 1. The van der Waals surface area contributed by atoms with E-state index in [2.05, 4.69) is 48.2 Å². The number of carbonyl (C=O) groups is 1. The van der Waals surface area contributed by atoms with Crippen molar-refractivity contribution in [3.8, 4) is 0 Å². The van der Waals surface area contributed by atoms with Crippen LogP contribution in [0.15, 0.2) is 42.1 Å². The van der Waals surface area contributed by atoms with Crippen LogP contribution in [0.4, 0.5) is 0 Å². The molecule has 4 rings (SSSR count). The number of carbonyl (C=O) groups excluding carboxylic acids is 1. The highest BCUT2D eigenvalue weighted by Gasteiger charge is 2.25. The van der Waals surface area contributed by atoms with Crippen molar-refractivity contribution < 1.29 is 4.79 Å². The zero-order chi connectivity index (χ0) is 20.2. The smallest absolute Gasteiger partial charge is 0.219 e. The molecule has 3 heterocycles. The third-order valence-corrected chi connectivity index (χ3v) is 6.02. The molecule has 0 unspecified atom stereocenters. The van der Waals surface area contributed by atoms with Gasteiger partial charge < -0.3 is 4.90 Å². The Hall–Kier alpha value is -2.53. The number of amides is 1. The molecular weight excluding hydrogens is 360 g/mol. The minimum absolute atomic E-state index is 0.173. The van der Waals surface area contributed by atoms with Gasteiger partial charge in [-0.3, -0.25) is 9.69 Å². The zero-order valence-electron chi connectivity index (χ0n) is 17.5. The first-order chi connectivity index (χ1) is 14.1. The highest BCUT2D eigenvalue weighted by Crippen LogP contribution is 2.27. The van der Waals surface area contributed by atoms with Crippen LogP contribution >= 0.6 is 0 Å². The number of hydrogen-bond donors (Lipinski definition) is 0. The van der Waals surface area contributed by atoms with Gasteiger partial charge in [-0.15, -0.1) is 0 Å². The van der Waals surface area contributed by atoms with Crippen molar-refractivity contribution in [1.29, 1.82) is 0 Å². The summed E-state index contributed by atoms with van der Waals surface area (Å²) < 4.78 is 0. The Morgan fingerprint density at radius 1 is 1.14 bits per heavy atom. The molecule has 5 nitrogen and oxygen atoms in total. The molecule has 2 aromatic rings. The minimum atomic E-state index is 0.173. The van der Waals surface area contributed by atoms with Gasteiger partial charge >= 0.3 is 0 Å². The number of fused-ring (bicyclic) bond motifs is 1. The summed E-state index contributed by atoms with van der Waals surface area (Å²) >= 11 is 0. The average Bonchev–Trinajstić information content (AvgIpc) is 2.74. The molecule has 152 valence electrons. The lowest BCUT2D eigenvalue weighted by atomic mass is 9.95. The predicted octanol–water partition coefficient (Wildman–Crippen LogP) is 3.66. The quantitative estimate of drug-likeness (QED) is 0.799. The van der Waals surface area contributed by atoms with E-state index in [1.54, 1.807) is 6.92 Å². The van der Waals surface area contributed by atoms with Crippen LogP contribution in [0.1, 0.15) is 55.3 Å². The molecular formula is C24H30N4O. The molecule has 1 aromatic carbocycles. The Balaban J connectivity index is 1.37. The molecule has 29 heavy (non-hydrogen) atoms. The van der Waals surface area contributed by atoms with Crippen LogP contribution in [0.2, 0.25) is 0 Å². The highest BCUT2D eigenvalue weighted by molar-refractivity contribution is 5.73. The van der Waals surface area contributed by atoms with Gasteiger partial charge in [0.1, 0.15) is 5.82 Å². The summed E-state index contributed by atoms with van der Waals surface area (Å²) in [6.07, 6.45) is 7.22. The molecule has 5 heteroatoms. The van der Waals surface area contributed by atoms with Gasteiger partial charge in [-0.1, -0.05) is 42.0 Å². The van der Waals surface area contributed by atoms with Crippen molar-refractivity contribution in [3.05, 3.63) is 64.7 Å². The molecule has 0 aliphatic carbocycles. The lowest BCUT2D eigenvalue weighted by molar-refractivity contribution is -0.129. The second-order valence-corrected chi connectivity index (χ2v) is 8.34. The molecule has 1 aromatic heterocycles. The molecule has 2 aliphatic rings. The zero-order valence-corrected chi connectivity index (χ0v) is 17.5. The van der Waals surface area contributed by atoms with Crippen LogP contribution in [-0.4, -0.2) is 51.9 Å². The van der Waals surface area contributed by atoms with E-state index in [4.69, 9.17) is 9.97 Å². The van der Waals surface area contributed by atoms with Crippen molar-refractivity contribution >= 4 is 12.0 Å². The fourth-order valence-electron chi connectivity index (χ4n) is 4.41. The fourth-order valence-corrected chi connectivity index (χ4v) is 4.41. The number of likely N-dealkylation sites (tertiary alicyclic amines) is 1. The van der Waals surface area contributed by atoms with Crippen LogP contribution in [0.25, 0.3) is 6.08 Å². The molecule has 0 bridgehead atoms. The summed E-state index contributed by atoms with van der Waals surface area (Å²) in [4.78, 5) is 25.6. The average molecular weight is 391 g/mol. The molecule has 0 N–H and O–H groups in total. The van der Waals surface area contributed by atoms with Crippen molar-refractivity contribution in [2.24, 2.45) is 0 Å². The number of piperidine rings is 1. The van der Waals surface area contributed by atoms with E-state index in [9.17, 15) is 4.79 Å². The SMILES string of the molecule is CC(=O)N1CCC(c2ncc3c(n2)CCN(C/C(C)=C/c2ccccc2)C3)CC1. The minimum Gasteiger partial charge on any atom is -0.343 e. The lowest BCUT2D eigenvalue weighted by Gasteiger charge is -2.32. The van der Waals surface area contributed by atoms with E-state index in [0.717, 1.165) is 57.8 Å². The molecule has 0 radical (unpaired) electrons. The summed E-state index contributed by atoms with van der Waals surface area (Å²) in [7, 11) is 0. The molecule has 0 atom stereocenters. The monoisotopic (exact) mass is 390 g/mol. The van der Waals surface area contributed by atoms with E-state index in [1.165, 1.54) is 22.4 Å². The van der Waals surface area contributed by atoms with Gasteiger partial charge in [0.05, 0.1) is 0 Å². The number of hydrogen-bond acceptors (Lipinski definition) is 4. The van der Waals surface area contributed by atoms with E-state index >= 15 is 0 Å². The first kappa shape index (κ1) is 19.8. The van der Waals surface area contributed by atoms with Crippen molar-refractivity contribution in [1.82, 2.24) is 19.8 Å². The van der Waals surface area contributed by atoms with Gasteiger partial charge in [-0.2, -0.15) is 0 Å². The maximum atomic E-state index is 11.5. The molecule has 1 amide bonds. The van der Waals surface area contributed by atoms with Crippen LogP contribution in [-0.2, 0) is 17.8 Å². The Labute approximate surface area is 173 Å². The summed E-state index contributed by atoms with van der Waals surface area (Å²) in [5, 5.41) is 0. The first-order valence-electron chi connectivity index (χ1n) is 10.6. The van der Waals surface area contributed by atoms with E-state index in [0.29, 0.717) is 5.92 Å². The Morgan fingerprint density at radius 2 is 1.90 bits per heavy atom. The van der Waals surface area contributed by atoms with Crippen molar-refractivity contribution in [2.75, 3.05) is 26.2 Å². The highest BCUT2D eigenvalue weighted by atomic mass is 16.2. The first-order valence-corrected chi connectivity index (χ1v) is 10.6. The Morgan fingerprint density at radius 3 is 2.62 bits per heavy atom. The molecule has 2 aliphatic heterocycles. The van der Waals surface area contributed by atoms with Crippen LogP contribution in [0.5, 0.6) is 0 Å². The molecule has 1 saturated heterocycles. The van der Waals surface area contributed by atoms with Gasteiger partial charge in [-0.25, -0.2) is 9.97 Å². The normalized spacial score (nSPS) is 18.6. The number of rotatable bonds is 4. The standard InChI is InChI=1S/C24H30N4O/c1-18(14-20-6-4-3-5-7-20)16-27-11-10-23-22(17-27)15-25-24(26-23)21-8-12-28(13-9-21)19(2)29/h3-7,14-15,21H,8-13,16-17H2,1-2H3/b18-14+. The van der Waals surface area contributed by atoms with E-state index < -0.39 is 0 Å². The maximum absolute atomic E-state index is 11.5. The maximum Gasteiger partial charge on any atom is 0.219 e. The third-order valence-electron chi connectivity index (χ3n) is 6.02. The predicted molar refractivity (Wildman–Crippen MR) is 115 cm³/mol. The Kier molecular flexibility index (Phi) is 6.05. The second kappa shape index (κ2) is 8.87.